The normalized spacial score (nSPS) is 20.5. The highest BCUT2D eigenvalue weighted by atomic mass is 16.5. The minimum Gasteiger partial charge on any atom is -0.493 e. The molecule has 9 nitrogen and oxygen atoms in total. The fourth-order valence-corrected chi connectivity index (χ4v) is 4.01. The molecule has 1 aromatic carbocycles. The van der Waals surface area contributed by atoms with Gasteiger partial charge >= 0.3 is 0 Å². The van der Waals surface area contributed by atoms with Crippen molar-refractivity contribution >= 4 is 23.6 Å². The predicted octanol–water partition coefficient (Wildman–Crippen LogP) is 1.42. The van der Waals surface area contributed by atoms with E-state index in [0.717, 1.165) is 25.7 Å². The zero-order valence-electron chi connectivity index (χ0n) is 17.2. The van der Waals surface area contributed by atoms with E-state index in [1.165, 1.54) is 18.1 Å². The van der Waals surface area contributed by atoms with Gasteiger partial charge in [-0.25, -0.2) is 0 Å². The van der Waals surface area contributed by atoms with E-state index in [9.17, 15) is 19.2 Å². The number of imide groups is 1. The number of carbonyl (C=O) groups is 4. The van der Waals surface area contributed by atoms with Crippen molar-refractivity contribution in [1.82, 2.24) is 15.8 Å². The maximum atomic E-state index is 12.4. The summed E-state index contributed by atoms with van der Waals surface area (Å²) < 4.78 is 10.6. The largest absolute Gasteiger partial charge is 0.493 e. The highest BCUT2D eigenvalue weighted by molar-refractivity contribution is 6.05. The first-order valence-electron chi connectivity index (χ1n) is 10.2. The monoisotopic (exact) mass is 417 g/mol. The smallest absolute Gasteiger partial charge is 0.269 e. The first-order valence-corrected chi connectivity index (χ1v) is 10.2. The second-order valence-corrected chi connectivity index (χ2v) is 7.38. The highest BCUT2D eigenvalue weighted by Crippen LogP contribution is 2.37. The Morgan fingerprint density at radius 2 is 1.73 bits per heavy atom. The van der Waals surface area contributed by atoms with Gasteiger partial charge in [0.25, 0.3) is 5.91 Å². The molecule has 1 aliphatic carbocycles. The van der Waals surface area contributed by atoms with Crippen LogP contribution >= 0.6 is 0 Å². The number of likely N-dealkylation sites (tertiary alicyclic amines) is 1. The number of benzene rings is 1. The lowest BCUT2D eigenvalue weighted by Gasteiger charge is -2.19. The third-order valence-electron chi connectivity index (χ3n) is 5.54. The lowest BCUT2D eigenvalue weighted by molar-refractivity contribution is -0.140. The van der Waals surface area contributed by atoms with E-state index in [1.54, 1.807) is 12.1 Å². The number of nitrogens with zero attached hydrogens (tertiary/aromatic N) is 1. The first-order chi connectivity index (χ1) is 14.5. The molecule has 9 heteroatoms. The van der Waals surface area contributed by atoms with E-state index in [4.69, 9.17) is 9.47 Å². The fraction of sp³-hybridized carbons (Fsp3) is 0.524. The molecule has 1 aliphatic heterocycles. The summed E-state index contributed by atoms with van der Waals surface area (Å²) in [6, 6.07) is 4.68. The van der Waals surface area contributed by atoms with Gasteiger partial charge < -0.3 is 9.47 Å². The third-order valence-corrected chi connectivity index (χ3v) is 5.54. The molecule has 0 aromatic heterocycles. The summed E-state index contributed by atoms with van der Waals surface area (Å²) in [5, 5.41) is 0. The summed E-state index contributed by atoms with van der Waals surface area (Å²) in [6.45, 7) is 2.32. The van der Waals surface area contributed by atoms with Crippen LogP contribution in [0, 0.1) is 11.8 Å². The minimum atomic E-state index is -0.524. The molecular weight excluding hydrogens is 390 g/mol. The molecule has 2 N–H and O–H groups in total. The van der Waals surface area contributed by atoms with Gasteiger partial charge in [0.2, 0.25) is 17.7 Å². The zero-order valence-corrected chi connectivity index (χ0v) is 17.2. The summed E-state index contributed by atoms with van der Waals surface area (Å²) in [5.74, 6) is -0.913. The van der Waals surface area contributed by atoms with Crippen molar-refractivity contribution in [3.63, 3.8) is 0 Å². The second-order valence-electron chi connectivity index (χ2n) is 7.38. The number of hydrogen-bond donors (Lipinski definition) is 2. The van der Waals surface area contributed by atoms with E-state index in [1.807, 2.05) is 6.92 Å². The van der Waals surface area contributed by atoms with Gasteiger partial charge in [0.15, 0.2) is 11.5 Å². The van der Waals surface area contributed by atoms with Gasteiger partial charge in [0.05, 0.1) is 25.6 Å². The molecule has 2 fully saturated rings. The van der Waals surface area contributed by atoms with Gasteiger partial charge in [0, 0.05) is 18.5 Å². The number of ether oxygens (including phenoxy) is 2. The number of hydrogen-bond acceptors (Lipinski definition) is 6. The van der Waals surface area contributed by atoms with Gasteiger partial charge in [-0.2, -0.15) is 0 Å². The number of amides is 4. The maximum absolute atomic E-state index is 12.4. The number of rotatable bonds is 7. The van der Waals surface area contributed by atoms with Gasteiger partial charge in [0.1, 0.15) is 0 Å². The summed E-state index contributed by atoms with van der Waals surface area (Å²) in [6.07, 6.45) is 3.30. The summed E-state index contributed by atoms with van der Waals surface area (Å²) in [7, 11) is 1.47. The number of nitrogens with one attached hydrogen (secondary N) is 2. The van der Waals surface area contributed by atoms with Crippen molar-refractivity contribution in [3.8, 4) is 11.5 Å². The van der Waals surface area contributed by atoms with Crippen LogP contribution in [0.2, 0.25) is 0 Å². The van der Waals surface area contributed by atoms with Crippen LogP contribution in [0.3, 0.4) is 0 Å². The lowest BCUT2D eigenvalue weighted by atomic mass is 9.81. The van der Waals surface area contributed by atoms with E-state index >= 15 is 0 Å². The van der Waals surface area contributed by atoms with Crippen LogP contribution in [0.1, 0.15) is 49.4 Å². The Balaban J connectivity index is 1.49. The molecule has 2 atom stereocenters. The van der Waals surface area contributed by atoms with Crippen molar-refractivity contribution < 1.29 is 28.7 Å². The van der Waals surface area contributed by atoms with Gasteiger partial charge in [-0.05, 0) is 38.0 Å². The summed E-state index contributed by atoms with van der Waals surface area (Å²) in [5.41, 5.74) is 4.92. The average molecular weight is 417 g/mol. The Bertz CT molecular complexity index is 816. The molecule has 1 heterocycles. The molecule has 2 aliphatic rings. The van der Waals surface area contributed by atoms with E-state index in [2.05, 4.69) is 10.9 Å². The van der Waals surface area contributed by atoms with Crippen molar-refractivity contribution in [2.75, 3.05) is 20.3 Å². The van der Waals surface area contributed by atoms with Crippen molar-refractivity contribution in [2.45, 2.75) is 39.0 Å². The fourth-order valence-electron chi connectivity index (χ4n) is 4.01. The van der Waals surface area contributed by atoms with Crippen LogP contribution in [0.5, 0.6) is 11.5 Å². The van der Waals surface area contributed by atoms with Crippen LogP contribution in [-0.2, 0) is 14.4 Å². The molecule has 0 unspecified atom stereocenters. The van der Waals surface area contributed by atoms with Gasteiger partial charge in [-0.1, -0.05) is 12.8 Å². The lowest BCUT2D eigenvalue weighted by Crippen LogP contribution is -2.43. The second kappa shape index (κ2) is 9.60. The van der Waals surface area contributed by atoms with Crippen LogP contribution in [0.25, 0.3) is 0 Å². The van der Waals surface area contributed by atoms with Crippen molar-refractivity contribution in [3.05, 3.63) is 23.8 Å². The van der Waals surface area contributed by atoms with E-state index < -0.39 is 11.8 Å². The molecule has 0 radical (unpaired) electrons. The predicted molar refractivity (Wildman–Crippen MR) is 107 cm³/mol. The first kappa shape index (κ1) is 21.6. The molecule has 30 heavy (non-hydrogen) atoms. The van der Waals surface area contributed by atoms with E-state index in [-0.39, 0.29) is 42.2 Å². The van der Waals surface area contributed by atoms with E-state index in [0.29, 0.717) is 18.1 Å². The highest BCUT2D eigenvalue weighted by Gasteiger charge is 2.47. The molecule has 0 spiro atoms. The van der Waals surface area contributed by atoms with Crippen molar-refractivity contribution in [2.24, 2.45) is 11.8 Å². The third kappa shape index (κ3) is 4.55. The maximum Gasteiger partial charge on any atom is 0.269 e. The van der Waals surface area contributed by atoms with Crippen LogP contribution in [-0.4, -0.2) is 48.8 Å². The van der Waals surface area contributed by atoms with Crippen LogP contribution in [0.4, 0.5) is 0 Å². The molecule has 1 saturated heterocycles. The molecule has 162 valence electrons. The Kier molecular flexibility index (Phi) is 6.91. The molecule has 1 aromatic rings. The molecular formula is C21H27N3O6. The molecule has 4 amide bonds. The summed E-state index contributed by atoms with van der Waals surface area (Å²) >= 11 is 0. The topological polar surface area (TPSA) is 114 Å². The number of methoxy groups -OCH3 is 1. The number of hydrazine groups is 1. The van der Waals surface area contributed by atoms with Crippen molar-refractivity contribution in [1.29, 1.82) is 0 Å². The minimum absolute atomic E-state index is 0.0171. The Hall–Kier alpha value is -3.10. The molecule has 0 bridgehead atoms. The van der Waals surface area contributed by atoms with Gasteiger partial charge in [-0.15, -0.1) is 0 Å². The Morgan fingerprint density at radius 1 is 1.07 bits per heavy atom. The SMILES string of the molecule is CCOc1ccc(C(=O)NNC(=O)CCN2C(=O)[C@H]3CCCC[C@H]3C2=O)cc1OC. The summed E-state index contributed by atoms with van der Waals surface area (Å²) in [4.78, 5) is 50.4. The van der Waals surface area contributed by atoms with Crippen LogP contribution in [0.15, 0.2) is 18.2 Å². The zero-order chi connectivity index (χ0) is 21.7. The number of fused-ring (bicyclic) bond motifs is 1. The standard InChI is InChI=1S/C21H27N3O6/c1-3-30-16-9-8-13(12-17(16)29-2)19(26)23-22-18(25)10-11-24-20(27)14-6-4-5-7-15(14)21(24)28/h8-9,12,14-15H,3-7,10-11H2,1-2H3,(H,22,25)(H,23,26)/t14-,15+. The van der Waals surface area contributed by atoms with Gasteiger partial charge in [-0.3, -0.25) is 34.9 Å². The average Bonchev–Trinajstić information content (AvgIpc) is 3.01. The van der Waals surface area contributed by atoms with Crippen LogP contribution < -0.4 is 20.3 Å². The number of carbonyl (C=O) groups excluding carboxylic acids is 4. The quantitative estimate of drug-likeness (QED) is 0.512. The molecule has 3 rings (SSSR count). The molecule has 1 saturated carbocycles. The Morgan fingerprint density at radius 3 is 2.33 bits per heavy atom. The Labute approximate surface area is 175 Å².